The molecule has 2 atom stereocenters. The van der Waals surface area contributed by atoms with E-state index >= 15 is 0 Å². The Morgan fingerprint density at radius 1 is 1.03 bits per heavy atom. The minimum absolute atomic E-state index is 0.0579. The van der Waals surface area contributed by atoms with Crippen LogP contribution in [0.5, 0.6) is 11.5 Å². The quantitative estimate of drug-likeness (QED) is 0.627. The molecule has 30 heavy (non-hydrogen) atoms. The Kier molecular flexibility index (Phi) is 3.28. The number of ether oxygens (including phenoxy) is 2. The third kappa shape index (κ3) is 2.34. The normalized spacial score (nSPS) is 33.4. The summed E-state index contributed by atoms with van der Waals surface area (Å²) in [5.41, 5.74) is 0.683. The van der Waals surface area contributed by atoms with E-state index in [1.165, 1.54) is 6.42 Å². The second kappa shape index (κ2) is 5.75. The number of benzene rings is 1. The van der Waals surface area contributed by atoms with E-state index in [2.05, 4.69) is 20.3 Å². The third-order valence-corrected chi connectivity index (χ3v) is 7.65. The third-order valence-electron chi connectivity index (χ3n) is 7.48. The highest BCUT2D eigenvalue weighted by Crippen LogP contribution is 2.64. The van der Waals surface area contributed by atoms with Crippen LogP contribution in [0.4, 0.5) is 0 Å². The SMILES string of the molecule is Clc1ncn(C23C[C@@H]4C[C@H](CC(c5nnc(-c6ccc7c(c6)OCO7)o5)(C4)C2)C3)n1. The topological polar surface area (TPSA) is 88.1 Å². The van der Waals surface area contributed by atoms with Gasteiger partial charge in [-0.15, -0.1) is 15.3 Å². The Balaban J connectivity index is 1.27. The minimum Gasteiger partial charge on any atom is -0.454 e. The molecule has 2 aromatic heterocycles. The Morgan fingerprint density at radius 2 is 1.87 bits per heavy atom. The van der Waals surface area contributed by atoms with Crippen molar-refractivity contribution in [3.63, 3.8) is 0 Å². The lowest BCUT2D eigenvalue weighted by Gasteiger charge is -2.60. The highest BCUT2D eigenvalue weighted by atomic mass is 35.5. The molecular weight excluding hydrogens is 406 g/mol. The molecule has 4 saturated carbocycles. The van der Waals surface area contributed by atoms with Crippen LogP contribution in [0.15, 0.2) is 28.9 Å². The molecule has 1 aromatic carbocycles. The van der Waals surface area contributed by atoms with Gasteiger partial charge in [0, 0.05) is 5.56 Å². The number of hydrogen-bond donors (Lipinski definition) is 0. The molecule has 3 aromatic rings. The van der Waals surface area contributed by atoms with Gasteiger partial charge in [-0.2, -0.15) is 0 Å². The number of fused-ring (bicyclic) bond motifs is 1. The van der Waals surface area contributed by atoms with Crippen LogP contribution in [0.25, 0.3) is 11.5 Å². The molecule has 0 N–H and O–H groups in total. The number of hydrogen-bond acceptors (Lipinski definition) is 7. The maximum absolute atomic E-state index is 6.31. The van der Waals surface area contributed by atoms with Crippen molar-refractivity contribution in [1.29, 1.82) is 0 Å². The Morgan fingerprint density at radius 3 is 2.67 bits per heavy atom. The second-order valence-corrected chi connectivity index (χ2v) is 9.74. The van der Waals surface area contributed by atoms with E-state index < -0.39 is 0 Å². The summed E-state index contributed by atoms with van der Waals surface area (Å²) >= 11 is 6.06. The van der Waals surface area contributed by atoms with Crippen molar-refractivity contribution in [3.05, 3.63) is 35.7 Å². The van der Waals surface area contributed by atoms with E-state index in [9.17, 15) is 0 Å². The summed E-state index contributed by atoms with van der Waals surface area (Å²) in [6.45, 7) is 0.244. The smallest absolute Gasteiger partial charge is 0.247 e. The van der Waals surface area contributed by atoms with Gasteiger partial charge in [-0.25, -0.2) is 9.67 Å². The first kappa shape index (κ1) is 17.1. The maximum atomic E-state index is 6.31. The van der Waals surface area contributed by atoms with Gasteiger partial charge in [-0.05, 0) is 80.2 Å². The van der Waals surface area contributed by atoms with E-state index in [0.717, 1.165) is 49.3 Å². The fraction of sp³-hybridized carbons (Fsp3) is 0.524. The van der Waals surface area contributed by atoms with Gasteiger partial charge < -0.3 is 13.9 Å². The minimum atomic E-state index is -0.107. The highest BCUT2D eigenvalue weighted by Gasteiger charge is 2.61. The molecule has 4 bridgehead atoms. The molecule has 0 amide bonds. The standard InChI is InChI=1S/C21H20ClN5O3/c22-19-23-10-27(26-19)21-7-12-3-13(8-21)6-20(5-12,9-21)18-25-24-17(30-18)14-1-2-15-16(4-14)29-11-28-15/h1-2,4,10,12-13H,3,5-9,11H2/t12-,13-,20?,21?/m1/s1. The summed E-state index contributed by atoms with van der Waals surface area (Å²) in [4.78, 5) is 4.19. The predicted octanol–water partition coefficient (Wildman–Crippen LogP) is 3.96. The molecule has 8 nitrogen and oxygen atoms in total. The van der Waals surface area contributed by atoms with Crippen LogP contribution < -0.4 is 9.47 Å². The van der Waals surface area contributed by atoms with E-state index in [0.29, 0.717) is 28.8 Å². The summed E-state index contributed by atoms with van der Waals surface area (Å²) in [5.74, 6) is 4.00. The number of aromatic nitrogens is 5. The zero-order valence-electron chi connectivity index (χ0n) is 16.3. The lowest BCUT2D eigenvalue weighted by Crippen LogP contribution is -2.58. The first-order valence-electron chi connectivity index (χ1n) is 10.4. The fourth-order valence-electron chi connectivity index (χ4n) is 6.79. The molecule has 1 aliphatic heterocycles. The maximum Gasteiger partial charge on any atom is 0.247 e. The van der Waals surface area contributed by atoms with Crippen LogP contribution in [0.1, 0.15) is 44.4 Å². The van der Waals surface area contributed by atoms with Gasteiger partial charge >= 0.3 is 0 Å². The van der Waals surface area contributed by atoms with Crippen molar-refractivity contribution in [2.45, 2.75) is 49.5 Å². The Hall–Kier alpha value is -2.61. The van der Waals surface area contributed by atoms with E-state index in [4.69, 9.17) is 25.5 Å². The van der Waals surface area contributed by atoms with Gasteiger partial charge in [0.15, 0.2) is 11.5 Å². The summed E-state index contributed by atoms with van der Waals surface area (Å²) in [5, 5.41) is 13.7. The average Bonchev–Trinajstić information content (AvgIpc) is 3.47. The number of halogens is 1. The first-order valence-corrected chi connectivity index (χ1v) is 10.8. The molecular formula is C21H20ClN5O3. The van der Waals surface area contributed by atoms with E-state index in [-0.39, 0.29) is 17.7 Å². The lowest BCUT2D eigenvalue weighted by atomic mass is 9.47. The summed E-state index contributed by atoms with van der Waals surface area (Å²) in [7, 11) is 0. The molecule has 4 fully saturated rings. The largest absolute Gasteiger partial charge is 0.454 e. The summed E-state index contributed by atoms with van der Waals surface area (Å²) < 4.78 is 19.2. The highest BCUT2D eigenvalue weighted by molar-refractivity contribution is 6.28. The monoisotopic (exact) mass is 425 g/mol. The number of rotatable bonds is 3. The lowest BCUT2D eigenvalue weighted by molar-refractivity contribution is -0.0772. The van der Waals surface area contributed by atoms with Gasteiger partial charge in [0.1, 0.15) is 6.33 Å². The fourth-order valence-corrected chi connectivity index (χ4v) is 6.91. The predicted molar refractivity (Wildman–Crippen MR) is 105 cm³/mol. The first-order chi connectivity index (χ1) is 14.6. The molecule has 154 valence electrons. The molecule has 0 saturated heterocycles. The molecule has 8 rings (SSSR count). The number of nitrogens with zero attached hydrogens (tertiary/aromatic N) is 5. The van der Waals surface area contributed by atoms with E-state index in [1.807, 2.05) is 22.9 Å². The van der Waals surface area contributed by atoms with E-state index in [1.54, 1.807) is 6.33 Å². The van der Waals surface area contributed by atoms with Crippen LogP contribution in [0, 0.1) is 11.8 Å². The van der Waals surface area contributed by atoms with Crippen molar-refractivity contribution in [1.82, 2.24) is 25.0 Å². The molecule has 0 radical (unpaired) electrons. The summed E-state index contributed by atoms with van der Waals surface area (Å²) in [6.07, 6.45) is 8.43. The van der Waals surface area contributed by atoms with Gasteiger partial charge in [-0.3, -0.25) is 0 Å². The van der Waals surface area contributed by atoms with Crippen molar-refractivity contribution in [2.75, 3.05) is 6.79 Å². The van der Waals surface area contributed by atoms with Gasteiger partial charge in [0.25, 0.3) is 0 Å². The molecule has 0 unspecified atom stereocenters. The zero-order valence-corrected chi connectivity index (χ0v) is 17.0. The Labute approximate surface area is 177 Å². The summed E-state index contributed by atoms with van der Waals surface area (Å²) in [6, 6.07) is 5.72. The van der Waals surface area contributed by atoms with Crippen molar-refractivity contribution in [2.24, 2.45) is 11.8 Å². The van der Waals surface area contributed by atoms with Crippen molar-refractivity contribution in [3.8, 4) is 23.0 Å². The Bertz CT molecular complexity index is 1140. The molecule has 4 aliphatic carbocycles. The molecule has 5 aliphatic rings. The van der Waals surface area contributed by atoms with Crippen LogP contribution in [-0.2, 0) is 11.0 Å². The van der Waals surface area contributed by atoms with Crippen LogP contribution in [-0.4, -0.2) is 31.8 Å². The van der Waals surface area contributed by atoms with Gasteiger partial charge in [-0.1, -0.05) is 0 Å². The van der Waals surface area contributed by atoms with Crippen LogP contribution >= 0.6 is 11.6 Å². The molecule has 9 heteroatoms. The second-order valence-electron chi connectivity index (χ2n) is 9.40. The zero-order chi connectivity index (χ0) is 19.9. The van der Waals surface area contributed by atoms with Crippen molar-refractivity contribution >= 4 is 11.6 Å². The van der Waals surface area contributed by atoms with Crippen LogP contribution in [0.3, 0.4) is 0 Å². The molecule has 3 heterocycles. The molecule has 0 spiro atoms. The van der Waals surface area contributed by atoms with Crippen molar-refractivity contribution < 1.29 is 13.9 Å². The van der Waals surface area contributed by atoms with Gasteiger partial charge in [0.05, 0.1) is 11.0 Å². The van der Waals surface area contributed by atoms with Crippen LogP contribution in [0.2, 0.25) is 5.28 Å². The average molecular weight is 426 g/mol. The van der Waals surface area contributed by atoms with Gasteiger partial charge in [0.2, 0.25) is 23.9 Å².